The van der Waals surface area contributed by atoms with Crippen LogP contribution in [-0.4, -0.2) is 25.9 Å². The number of carbonyl (C=O) groups is 1. The van der Waals surface area contributed by atoms with E-state index in [9.17, 15) is 4.79 Å². The lowest BCUT2D eigenvalue weighted by atomic mass is 9.87. The molecule has 3 aromatic heterocycles. The van der Waals surface area contributed by atoms with Crippen LogP contribution in [0.4, 0.5) is 0 Å². The lowest BCUT2D eigenvalue weighted by molar-refractivity contribution is -0.138. The van der Waals surface area contributed by atoms with E-state index in [4.69, 9.17) is 9.72 Å². The van der Waals surface area contributed by atoms with Crippen LogP contribution in [-0.2, 0) is 29.4 Å². The van der Waals surface area contributed by atoms with Crippen LogP contribution in [0.1, 0.15) is 68.3 Å². The van der Waals surface area contributed by atoms with Crippen molar-refractivity contribution in [3.05, 3.63) is 58.4 Å². The number of Topliss-reactive ketones (excluding diaryl/α,β-unsaturated/α-hetero) is 1. The number of aromatic nitrogens is 3. The number of pyridine rings is 1. The Bertz CT molecular complexity index is 1420. The molecule has 4 aromatic rings. The first kappa shape index (κ1) is 23.9. The molecule has 5 rings (SSSR count). The molecule has 6 heteroatoms. The molecule has 35 heavy (non-hydrogen) atoms. The van der Waals surface area contributed by atoms with E-state index >= 15 is 0 Å². The first-order valence-corrected chi connectivity index (χ1v) is 13.2. The number of aryl methyl sites for hydroxylation is 4. The molecule has 0 N–H and O–H groups in total. The Morgan fingerprint density at radius 3 is 2.60 bits per heavy atom. The number of hydrogen-bond donors (Lipinski definition) is 0. The van der Waals surface area contributed by atoms with Crippen LogP contribution in [0.15, 0.2) is 36.7 Å². The molecule has 3 heterocycles. The summed E-state index contributed by atoms with van der Waals surface area (Å²) in [6, 6.07) is 8.51. The maximum atomic E-state index is 13.1. The zero-order valence-electron chi connectivity index (χ0n) is 21.4. The summed E-state index contributed by atoms with van der Waals surface area (Å²) in [4.78, 5) is 25.2. The van der Waals surface area contributed by atoms with E-state index in [1.165, 1.54) is 28.7 Å². The zero-order valence-corrected chi connectivity index (χ0v) is 22.3. The van der Waals surface area contributed by atoms with Gasteiger partial charge in [-0.25, -0.2) is 9.97 Å². The number of carbonyl (C=O) groups excluding carboxylic acids is 1. The summed E-state index contributed by atoms with van der Waals surface area (Å²) >= 11 is 1.82. The van der Waals surface area contributed by atoms with Crippen molar-refractivity contribution >= 4 is 27.3 Å². The lowest BCUT2D eigenvalue weighted by Crippen LogP contribution is -2.27. The Balaban J connectivity index is 1.84. The number of rotatable bonds is 5. The van der Waals surface area contributed by atoms with Gasteiger partial charge in [-0.1, -0.05) is 18.2 Å². The molecule has 0 saturated heterocycles. The van der Waals surface area contributed by atoms with E-state index in [-0.39, 0.29) is 5.78 Å². The molecule has 0 spiro atoms. The van der Waals surface area contributed by atoms with Crippen LogP contribution in [0.2, 0.25) is 0 Å². The molecule has 0 amide bonds. The van der Waals surface area contributed by atoms with Crippen molar-refractivity contribution in [2.45, 2.75) is 72.0 Å². The highest BCUT2D eigenvalue weighted by atomic mass is 32.1. The van der Waals surface area contributed by atoms with E-state index < -0.39 is 11.7 Å². The van der Waals surface area contributed by atoms with Gasteiger partial charge in [0.15, 0.2) is 5.78 Å². The highest BCUT2D eigenvalue weighted by Crippen LogP contribution is 2.46. The Hall–Kier alpha value is -2.83. The van der Waals surface area contributed by atoms with Gasteiger partial charge in [0.05, 0.1) is 5.60 Å². The largest absolute Gasteiger partial charge is 0.360 e. The van der Waals surface area contributed by atoms with E-state index in [0.717, 1.165) is 51.4 Å². The summed E-state index contributed by atoms with van der Waals surface area (Å²) in [5.41, 5.74) is 5.89. The zero-order chi connectivity index (χ0) is 24.9. The third-order valence-corrected chi connectivity index (χ3v) is 7.85. The highest BCUT2D eigenvalue weighted by Gasteiger charge is 2.32. The quantitative estimate of drug-likeness (QED) is 0.304. The molecule has 0 bridgehead atoms. The summed E-state index contributed by atoms with van der Waals surface area (Å²) in [6.45, 7) is 9.63. The predicted octanol–water partition coefficient (Wildman–Crippen LogP) is 7.00. The highest BCUT2D eigenvalue weighted by molar-refractivity contribution is 7.19. The summed E-state index contributed by atoms with van der Waals surface area (Å²) in [7, 11) is 2.01. The molecule has 1 aliphatic carbocycles. The van der Waals surface area contributed by atoms with Gasteiger partial charge in [0.2, 0.25) is 0 Å². The van der Waals surface area contributed by atoms with Gasteiger partial charge in [-0.2, -0.15) is 0 Å². The van der Waals surface area contributed by atoms with Crippen molar-refractivity contribution in [1.29, 1.82) is 0 Å². The first-order chi connectivity index (χ1) is 16.6. The fourth-order valence-electron chi connectivity index (χ4n) is 5.19. The monoisotopic (exact) mass is 487 g/mol. The molecule has 1 aliphatic rings. The minimum absolute atomic E-state index is 0.00484. The van der Waals surface area contributed by atoms with Gasteiger partial charge in [-0.05, 0) is 77.5 Å². The number of ketones is 1. The van der Waals surface area contributed by atoms with Crippen molar-refractivity contribution in [3.8, 4) is 22.5 Å². The maximum Gasteiger partial charge on any atom is 0.163 e. The van der Waals surface area contributed by atoms with Gasteiger partial charge >= 0.3 is 0 Å². The second-order valence-electron chi connectivity index (χ2n) is 10.5. The SMILES string of the molecule is CC(=O)C(OC(C)(C)C)c1c(C)nc2sc3c(c2c1-c1cccc(-c2nccn2C)c1)CCCC3. The van der Waals surface area contributed by atoms with E-state index in [1.807, 2.05) is 63.0 Å². The molecule has 0 saturated carbocycles. The van der Waals surface area contributed by atoms with Crippen LogP contribution < -0.4 is 0 Å². The minimum Gasteiger partial charge on any atom is -0.360 e. The topological polar surface area (TPSA) is 57.0 Å². The Kier molecular flexibility index (Phi) is 6.14. The van der Waals surface area contributed by atoms with Gasteiger partial charge in [0.25, 0.3) is 0 Å². The standard InChI is InChI=1S/C29H33N3O2S/c1-17-23(26(18(2)33)34-29(3,4)5)24(25-21-12-7-8-13-22(21)35-28(25)31-17)19-10-9-11-20(16-19)27-30-14-15-32(27)6/h9-11,14-16,26H,7-8,12-13H2,1-6H3. The summed E-state index contributed by atoms with van der Waals surface area (Å²) < 4.78 is 8.45. The molecule has 182 valence electrons. The fraction of sp³-hybridized carbons (Fsp3) is 0.414. The number of nitrogens with zero attached hydrogens (tertiary/aromatic N) is 3. The van der Waals surface area contributed by atoms with Gasteiger partial charge in [-0.3, -0.25) is 4.79 Å². The van der Waals surface area contributed by atoms with Crippen LogP contribution >= 0.6 is 11.3 Å². The third kappa shape index (κ3) is 4.45. The second-order valence-corrected chi connectivity index (χ2v) is 11.6. The number of imidazole rings is 1. The maximum absolute atomic E-state index is 13.1. The van der Waals surface area contributed by atoms with Crippen molar-refractivity contribution in [2.75, 3.05) is 0 Å². The van der Waals surface area contributed by atoms with Gasteiger partial charge in [0.1, 0.15) is 16.8 Å². The van der Waals surface area contributed by atoms with Crippen LogP contribution in [0.25, 0.3) is 32.7 Å². The van der Waals surface area contributed by atoms with E-state index in [1.54, 1.807) is 6.92 Å². The number of hydrogen-bond acceptors (Lipinski definition) is 5. The number of ether oxygens (including phenoxy) is 1. The summed E-state index contributed by atoms with van der Waals surface area (Å²) in [5, 5.41) is 1.20. The first-order valence-electron chi connectivity index (χ1n) is 12.3. The predicted molar refractivity (Wildman–Crippen MR) is 143 cm³/mol. The smallest absolute Gasteiger partial charge is 0.163 e. The lowest BCUT2D eigenvalue weighted by Gasteiger charge is -2.29. The molecule has 0 aliphatic heterocycles. The minimum atomic E-state index is -0.683. The average Bonchev–Trinajstić information content (AvgIpc) is 3.39. The summed E-state index contributed by atoms with van der Waals surface area (Å²) in [5.74, 6) is 0.909. The van der Waals surface area contributed by atoms with Gasteiger partial charge < -0.3 is 9.30 Å². The number of thiophene rings is 1. The van der Waals surface area contributed by atoms with Crippen molar-refractivity contribution in [1.82, 2.24) is 14.5 Å². The Morgan fingerprint density at radius 2 is 1.91 bits per heavy atom. The van der Waals surface area contributed by atoms with E-state index in [2.05, 4.69) is 29.2 Å². The number of fused-ring (bicyclic) bond motifs is 3. The average molecular weight is 488 g/mol. The third-order valence-electron chi connectivity index (χ3n) is 6.66. The van der Waals surface area contributed by atoms with Crippen LogP contribution in [0.5, 0.6) is 0 Å². The Morgan fingerprint density at radius 1 is 1.17 bits per heavy atom. The number of benzene rings is 1. The van der Waals surface area contributed by atoms with Crippen molar-refractivity contribution in [2.24, 2.45) is 7.05 Å². The van der Waals surface area contributed by atoms with Gasteiger partial charge in [0, 0.05) is 52.1 Å². The molecule has 1 unspecified atom stereocenters. The van der Waals surface area contributed by atoms with Crippen molar-refractivity contribution in [3.63, 3.8) is 0 Å². The summed E-state index contributed by atoms with van der Waals surface area (Å²) in [6.07, 6.45) is 7.66. The molecule has 5 nitrogen and oxygen atoms in total. The molecular weight excluding hydrogens is 454 g/mol. The van der Waals surface area contributed by atoms with Crippen molar-refractivity contribution < 1.29 is 9.53 Å². The second kappa shape index (κ2) is 8.99. The fourth-order valence-corrected chi connectivity index (χ4v) is 6.51. The van der Waals surface area contributed by atoms with Gasteiger partial charge in [-0.15, -0.1) is 11.3 Å². The van der Waals surface area contributed by atoms with E-state index in [0.29, 0.717) is 0 Å². The molecular formula is C29H33N3O2S. The molecule has 1 atom stereocenters. The molecule has 0 fully saturated rings. The Labute approximate surface area is 211 Å². The van der Waals surface area contributed by atoms with Crippen LogP contribution in [0, 0.1) is 6.92 Å². The van der Waals surface area contributed by atoms with Crippen LogP contribution in [0.3, 0.4) is 0 Å². The molecule has 1 aromatic carbocycles. The normalized spacial score (nSPS) is 14.8. The molecule has 0 radical (unpaired) electrons.